The summed E-state index contributed by atoms with van der Waals surface area (Å²) in [6.07, 6.45) is 3.15. The summed E-state index contributed by atoms with van der Waals surface area (Å²) in [5.41, 5.74) is 1.67. The third kappa shape index (κ3) is 3.74. The van der Waals surface area contributed by atoms with Crippen LogP contribution in [0.15, 0.2) is 36.8 Å². The van der Waals surface area contributed by atoms with Gasteiger partial charge in [0.25, 0.3) is 5.91 Å². The molecule has 0 bridgehead atoms. The van der Waals surface area contributed by atoms with Crippen LogP contribution in [0, 0.1) is 5.92 Å². The molecule has 0 saturated carbocycles. The molecule has 1 amide bonds. The fraction of sp³-hybridized carbons (Fsp3) is 0.278. The van der Waals surface area contributed by atoms with E-state index in [2.05, 4.69) is 15.3 Å². The minimum Gasteiger partial charge on any atom is -0.437 e. The Morgan fingerprint density at radius 3 is 2.88 bits per heavy atom. The first-order valence-corrected chi connectivity index (χ1v) is 8.35. The summed E-state index contributed by atoms with van der Waals surface area (Å²) in [5, 5.41) is 3.47. The van der Waals surface area contributed by atoms with Gasteiger partial charge in [0.2, 0.25) is 5.88 Å². The Balaban J connectivity index is 1.98. The molecule has 3 aromatic rings. The van der Waals surface area contributed by atoms with Gasteiger partial charge in [0.1, 0.15) is 5.75 Å². The van der Waals surface area contributed by atoms with E-state index in [1.165, 1.54) is 6.20 Å². The van der Waals surface area contributed by atoms with Crippen LogP contribution in [-0.2, 0) is 7.05 Å². The molecule has 3 rings (SSSR count). The Hall–Kier alpha value is -2.60. The number of nitrogens with zero attached hydrogens (tertiary/aromatic N) is 3. The lowest BCUT2D eigenvalue weighted by Gasteiger charge is -2.11. The molecule has 6 nitrogen and oxygen atoms in total. The van der Waals surface area contributed by atoms with E-state index in [0.29, 0.717) is 45.7 Å². The molecule has 0 aliphatic rings. The number of amides is 1. The summed E-state index contributed by atoms with van der Waals surface area (Å²) in [7, 11) is 1.83. The standard InChI is InChI=1S/C18H19ClN4O2/c1-11(2)8-20-17(24)14-9-21-18(15-16(14)23(3)10-22-15)25-13-6-4-5-12(19)7-13/h4-7,9-11H,8H2,1-3H3,(H,20,24). The number of hydrogen-bond donors (Lipinski definition) is 1. The molecule has 7 heteroatoms. The van der Waals surface area contributed by atoms with Gasteiger partial charge in [0.05, 0.1) is 17.4 Å². The SMILES string of the molecule is CC(C)CNC(=O)c1cnc(Oc2cccc(Cl)c2)c2ncn(C)c12. The molecule has 0 radical (unpaired) electrons. The van der Waals surface area contributed by atoms with E-state index >= 15 is 0 Å². The van der Waals surface area contributed by atoms with Gasteiger partial charge in [0, 0.05) is 24.8 Å². The van der Waals surface area contributed by atoms with E-state index in [0.717, 1.165) is 0 Å². The quantitative estimate of drug-likeness (QED) is 0.753. The van der Waals surface area contributed by atoms with Gasteiger partial charge in [-0.15, -0.1) is 0 Å². The smallest absolute Gasteiger partial charge is 0.255 e. The number of ether oxygens (including phenoxy) is 1. The van der Waals surface area contributed by atoms with Gasteiger partial charge in [-0.2, -0.15) is 0 Å². The monoisotopic (exact) mass is 358 g/mol. The number of nitrogens with one attached hydrogen (secondary N) is 1. The predicted octanol–water partition coefficient (Wildman–Crippen LogP) is 3.80. The van der Waals surface area contributed by atoms with Gasteiger partial charge in [0.15, 0.2) is 5.52 Å². The fourth-order valence-corrected chi connectivity index (χ4v) is 2.61. The molecule has 0 saturated heterocycles. The molecular weight excluding hydrogens is 340 g/mol. The first-order valence-electron chi connectivity index (χ1n) is 7.97. The molecular formula is C18H19ClN4O2. The highest BCUT2D eigenvalue weighted by Gasteiger charge is 2.19. The van der Waals surface area contributed by atoms with Crippen molar-refractivity contribution in [3.05, 3.63) is 47.4 Å². The molecule has 0 aliphatic carbocycles. The highest BCUT2D eigenvalue weighted by Crippen LogP contribution is 2.29. The summed E-state index contributed by atoms with van der Waals surface area (Å²) < 4.78 is 7.60. The largest absolute Gasteiger partial charge is 0.437 e. The molecule has 130 valence electrons. The Labute approximate surface area is 150 Å². The maximum atomic E-state index is 12.5. The zero-order valence-electron chi connectivity index (χ0n) is 14.3. The van der Waals surface area contributed by atoms with E-state index in [4.69, 9.17) is 16.3 Å². The van der Waals surface area contributed by atoms with Gasteiger partial charge in [-0.3, -0.25) is 4.79 Å². The lowest BCUT2D eigenvalue weighted by Crippen LogP contribution is -2.27. The van der Waals surface area contributed by atoms with Crippen molar-refractivity contribution in [3.63, 3.8) is 0 Å². The normalized spacial score (nSPS) is 11.1. The number of fused-ring (bicyclic) bond motifs is 1. The summed E-state index contributed by atoms with van der Waals surface area (Å²) in [5.74, 6) is 1.08. The van der Waals surface area contributed by atoms with Gasteiger partial charge >= 0.3 is 0 Å². The van der Waals surface area contributed by atoms with Crippen LogP contribution in [-0.4, -0.2) is 27.0 Å². The van der Waals surface area contributed by atoms with E-state index in [9.17, 15) is 4.79 Å². The number of carbonyl (C=O) groups excluding carboxylic acids is 1. The molecule has 0 spiro atoms. The third-order valence-corrected chi connectivity index (χ3v) is 3.87. The molecule has 1 aromatic carbocycles. The number of benzene rings is 1. The van der Waals surface area contributed by atoms with E-state index < -0.39 is 0 Å². The van der Waals surface area contributed by atoms with Crippen molar-refractivity contribution in [1.29, 1.82) is 0 Å². The number of imidazole rings is 1. The molecule has 25 heavy (non-hydrogen) atoms. The van der Waals surface area contributed by atoms with Crippen LogP contribution in [0.3, 0.4) is 0 Å². The average molecular weight is 359 g/mol. The summed E-state index contributed by atoms with van der Waals surface area (Å²) >= 11 is 5.99. The van der Waals surface area contributed by atoms with Crippen molar-refractivity contribution in [3.8, 4) is 11.6 Å². The van der Waals surface area contributed by atoms with Gasteiger partial charge in [-0.05, 0) is 24.1 Å². The average Bonchev–Trinajstić information content (AvgIpc) is 2.96. The third-order valence-electron chi connectivity index (χ3n) is 3.63. The van der Waals surface area contributed by atoms with Crippen molar-refractivity contribution in [1.82, 2.24) is 19.9 Å². The molecule has 2 heterocycles. The van der Waals surface area contributed by atoms with Crippen LogP contribution in [0.2, 0.25) is 5.02 Å². The second kappa shape index (κ2) is 7.11. The second-order valence-electron chi connectivity index (χ2n) is 6.19. The van der Waals surface area contributed by atoms with Crippen molar-refractivity contribution < 1.29 is 9.53 Å². The fourth-order valence-electron chi connectivity index (χ4n) is 2.42. The van der Waals surface area contributed by atoms with Crippen LogP contribution >= 0.6 is 11.6 Å². The van der Waals surface area contributed by atoms with Crippen molar-refractivity contribution >= 4 is 28.5 Å². The van der Waals surface area contributed by atoms with Crippen molar-refractivity contribution in [2.45, 2.75) is 13.8 Å². The Morgan fingerprint density at radius 1 is 1.36 bits per heavy atom. The Kier molecular flexibility index (Phi) is 4.90. The van der Waals surface area contributed by atoms with Crippen LogP contribution in [0.1, 0.15) is 24.2 Å². The number of aryl methyl sites for hydroxylation is 1. The minimum absolute atomic E-state index is 0.177. The highest BCUT2D eigenvalue weighted by molar-refractivity contribution is 6.30. The van der Waals surface area contributed by atoms with Crippen LogP contribution < -0.4 is 10.1 Å². The molecule has 0 aliphatic heterocycles. The summed E-state index contributed by atoms with van der Waals surface area (Å²) in [4.78, 5) is 21.1. The Bertz CT molecular complexity index is 921. The first-order chi connectivity index (χ1) is 12.0. The van der Waals surface area contributed by atoms with Crippen molar-refractivity contribution in [2.75, 3.05) is 6.54 Å². The number of halogens is 1. The molecule has 0 fully saturated rings. The molecule has 0 unspecified atom stereocenters. The first kappa shape index (κ1) is 17.2. The Morgan fingerprint density at radius 2 is 2.16 bits per heavy atom. The number of carbonyl (C=O) groups is 1. The summed E-state index contributed by atoms with van der Waals surface area (Å²) in [6.45, 7) is 4.68. The maximum absolute atomic E-state index is 12.5. The molecule has 1 N–H and O–H groups in total. The van der Waals surface area contributed by atoms with Gasteiger partial charge in [-0.25, -0.2) is 9.97 Å². The zero-order chi connectivity index (χ0) is 18.0. The maximum Gasteiger partial charge on any atom is 0.255 e. The molecule has 0 atom stereocenters. The van der Waals surface area contributed by atoms with E-state index in [-0.39, 0.29) is 5.91 Å². The van der Waals surface area contributed by atoms with Crippen LogP contribution in [0.5, 0.6) is 11.6 Å². The van der Waals surface area contributed by atoms with Gasteiger partial charge in [-0.1, -0.05) is 31.5 Å². The van der Waals surface area contributed by atoms with Crippen LogP contribution in [0.25, 0.3) is 11.0 Å². The van der Waals surface area contributed by atoms with Crippen LogP contribution in [0.4, 0.5) is 0 Å². The van der Waals surface area contributed by atoms with E-state index in [1.54, 1.807) is 35.2 Å². The highest BCUT2D eigenvalue weighted by atomic mass is 35.5. The number of hydrogen-bond acceptors (Lipinski definition) is 4. The topological polar surface area (TPSA) is 69.0 Å². The second-order valence-corrected chi connectivity index (χ2v) is 6.63. The summed E-state index contributed by atoms with van der Waals surface area (Å²) in [6, 6.07) is 7.04. The number of aromatic nitrogens is 3. The predicted molar refractivity (Wildman–Crippen MR) is 97.2 cm³/mol. The lowest BCUT2D eigenvalue weighted by atomic mass is 10.2. The van der Waals surface area contributed by atoms with Crippen molar-refractivity contribution in [2.24, 2.45) is 13.0 Å². The van der Waals surface area contributed by atoms with E-state index in [1.807, 2.05) is 20.9 Å². The number of rotatable bonds is 5. The molecule has 2 aromatic heterocycles. The lowest BCUT2D eigenvalue weighted by molar-refractivity contribution is 0.0950. The number of pyridine rings is 1. The zero-order valence-corrected chi connectivity index (χ0v) is 15.0. The minimum atomic E-state index is -0.177. The van der Waals surface area contributed by atoms with Gasteiger partial charge < -0.3 is 14.6 Å².